The number of halogens is 2. The highest BCUT2D eigenvalue weighted by Gasteiger charge is 2.27. The molecule has 3 aromatic rings. The summed E-state index contributed by atoms with van der Waals surface area (Å²) in [6.45, 7) is 1.26. The molecule has 0 saturated carbocycles. The lowest BCUT2D eigenvalue weighted by molar-refractivity contribution is 0.192. The first-order chi connectivity index (χ1) is 15.5. The molecule has 0 bridgehead atoms. The lowest BCUT2D eigenvalue weighted by Gasteiger charge is -2.35. The molecule has 32 heavy (non-hydrogen) atoms. The van der Waals surface area contributed by atoms with E-state index in [1.807, 2.05) is 18.2 Å². The Labute approximate surface area is 190 Å². The van der Waals surface area contributed by atoms with Crippen molar-refractivity contribution >= 4 is 40.7 Å². The van der Waals surface area contributed by atoms with Gasteiger partial charge in [-0.1, -0.05) is 41.9 Å². The standard InChI is InChI=1S/C24H22ClFN4O2/c25-21-9-4-6-17(22(21)26)16-29-14-5-15-30(24(29)32)20-12-10-19(11-13-20)28-23(31)27-18-7-2-1-3-8-18/h1-4,6-13H,5,14-16H2,(H2,27,28,31). The van der Waals surface area contributed by atoms with Crippen molar-refractivity contribution in [3.05, 3.63) is 89.2 Å². The van der Waals surface area contributed by atoms with Crippen molar-refractivity contribution < 1.29 is 14.0 Å². The lowest BCUT2D eigenvalue weighted by Crippen LogP contribution is -2.49. The number of nitrogens with zero attached hydrogens (tertiary/aromatic N) is 2. The molecule has 4 amide bonds. The Morgan fingerprint density at radius 2 is 1.59 bits per heavy atom. The van der Waals surface area contributed by atoms with Crippen LogP contribution in [0.1, 0.15) is 12.0 Å². The first-order valence-corrected chi connectivity index (χ1v) is 10.6. The predicted octanol–water partition coefficient (Wildman–Crippen LogP) is 5.96. The van der Waals surface area contributed by atoms with Gasteiger partial charge in [-0.2, -0.15) is 0 Å². The van der Waals surface area contributed by atoms with Crippen LogP contribution in [0.2, 0.25) is 5.02 Å². The van der Waals surface area contributed by atoms with E-state index in [0.29, 0.717) is 35.7 Å². The zero-order chi connectivity index (χ0) is 22.5. The summed E-state index contributed by atoms with van der Waals surface area (Å²) >= 11 is 5.87. The quantitative estimate of drug-likeness (QED) is 0.502. The number of hydrogen-bond donors (Lipinski definition) is 2. The Hall–Kier alpha value is -3.58. The van der Waals surface area contributed by atoms with E-state index in [0.717, 1.165) is 6.42 Å². The third-order valence-corrected chi connectivity index (χ3v) is 5.46. The molecule has 3 aromatic carbocycles. The zero-order valence-electron chi connectivity index (χ0n) is 17.2. The fraction of sp³-hybridized carbons (Fsp3) is 0.167. The summed E-state index contributed by atoms with van der Waals surface area (Å²) in [5.74, 6) is -0.497. The topological polar surface area (TPSA) is 64.7 Å². The average molecular weight is 453 g/mol. The summed E-state index contributed by atoms with van der Waals surface area (Å²) in [6.07, 6.45) is 0.757. The lowest BCUT2D eigenvalue weighted by atomic mass is 10.1. The van der Waals surface area contributed by atoms with E-state index in [1.54, 1.807) is 58.3 Å². The van der Waals surface area contributed by atoms with Gasteiger partial charge in [-0.25, -0.2) is 14.0 Å². The molecule has 8 heteroatoms. The molecule has 0 unspecified atom stereocenters. The number of hydrogen-bond acceptors (Lipinski definition) is 2. The summed E-state index contributed by atoms with van der Waals surface area (Å²) in [4.78, 5) is 28.4. The van der Waals surface area contributed by atoms with Crippen LogP contribution in [0.5, 0.6) is 0 Å². The van der Waals surface area contributed by atoms with E-state index in [9.17, 15) is 14.0 Å². The van der Waals surface area contributed by atoms with Crippen LogP contribution in [0.4, 0.5) is 31.0 Å². The van der Waals surface area contributed by atoms with Crippen molar-refractivity contribution in [3.8, 4) is 0 Å². The highest BCUT2D eigenvalue weighted by molar-refractivity contribution is 6.30. The summed E-state index contributed by atoms with van der Waals surface area (Å²) in [6, 6.07) is 20.4. The molecule has 0 spiro atoms. The molecule has 1 saturated heterocycles. The Balaban J connectivity index is 1.40. The molecule has 4 rings (SSSR count). The van der Waals surface area contributed by atoms with Crippen molar-refractivity contribution in [1.29, 1.82) is 0 Å². The summed E-state index contributed by atoms with van der Waals surface area (Å²) in [5.41, 5.74) is 2.39. The Morgan fingerprint density at radius 1 is 0.906 bits per heavy atom. The van der Waals surface area contributed by atoms with Gasteiger partial charge in [0.25, 0.3) is 0 Å². The van der Waals surface area contributed by atoms with Crippen LogP contribution in [-0.4, -0.2) is 30.1 Å². The van der Waals surface area contributed by atoms with Gasteiger partial charge < -0.3 is 15.5 Å². The van der Waals surface area contributed by atoms with Gasteiger partial charge in [0.1, 0.15) is 5.82 Å². The molecule has 0 radical (unpaired) electrons. The van der Waals surface area contributed by atoms with Gasteiger partial charge >= 0.3 is 12.1 Å². The molecule has 2 N–H and O–H groups in total. The van der Waals surface area contributed by atoms with E-state index in [-0.39, 0.29) is 23.6 Å². The Morgan fingerprint density at radius 3 is 2.31 bits per heavy atom. The minimum absolute atomic E-state index is 0.0446. The molecule has 0 aromatic heterocycles. The van der Waals surface area contributed by atoms with E-state index in [1.165, 1.54) is 6.07 Å². The molecule has 1 aliphatic heterocycles. The number of amides is 4. The molecule has 164 valence electrons. The van der Waals surface area contributed by atoms with Gasteiger partial charge in [0.15, 0.2) is 0 Å². The first kappa shape index (κ1) is 21.6. The summed E-state index contributed by atoms with van der Waals surface area (Å²) in [5, 5.41) is 5.56. The van der Waals surface area contributed by atoms with E-state index < -0.39 is 5.82 Å². The fourth-order valence-electron chi connectivity index (χ4n) is 3.58. The largest absolute Gasteiger partial charge is 0.324 e. The smallest absolute Gasteiger partial charge is 0.320 e. The van der Waals surface area contributed by atoms with Crippen LogP contribution < -0.4 is 15.5 Å². The minimum atomic E-state index is -0.497. The second-order valence-electron chi connectivity index (χ2n) is 7.41. The number of rotatable bonds is 5. The van der Waals surface area contributed by atoms with Gasteiger partial charge in [0, 0.05) is 35.7 Å². The number of anilines is 3. The van der Waals surface area contributed by atoms with Crippen LogP contribution in [-0.2, 0) is 6.54 Å². The van der Waals surface area contributed by atoms with Crippen LogP contribution in [0, 0.1) is 5.82 Å². The fourth-order valence-corrected chi connectivity index (χ4v) is 3.78. The van der Waals surface area contributed by atoms with Crippen LogP contribution in [0.3, 0.4) is 0 Å². The number of nitrogens with one attached hydrogen (secondary N) is 2. The van der Waals surface area contributed by atoms with E-state index in [2.05, 4.69) is 10.6 Å². The molecule has 1 fully saturated rings. The molecular formula is C24H22ClFN4O2. The molecule has 1 heterocycles. The number of carbonyl (C=O) groups is 2. The number of para-hydroxylation sites is 1. The first-order valence-electron chi connectivity index (χ1n) is 10.2. The van der Waals surface area contributed by atoms with E-state index >= 15 is 0 Å². The average Bonchev–Trinajstić information content (AvgIpc) is 2.79. The van der Waals surface area contributed by atoms with Crippen LogP contribution >= 0.6 is 11.6 Å². The Kier molecular flexibility index (Phi) is 6.56. The third-order valence-electron chi connectivity index (χ3n) is 5.17. The third kappa shape index (κ3) is 5.00. The van der Waals surface area contributed by atoms with Gasteiger partial charge in [-0.3, -0.25) is 4.90 Å². The van der Waals surface area contributed by atoms with Gasteiger partial charge in [-0.15, -0.1) is 0 Å². The van der Waals surface area contributed by atoms with Gasteiger partial charge in [0.2, 0.25) is 0 Å². The van der Waals surface area contributed by atoms with Crippen LogP contribution in [0.15, 0.2) is 72.8 Å². The molecular weight excluding hydrogens is 431 g/mol. The molecule has 6 nitrogen and oxygen atoms in total. The number of benzene rings is 3. The van der Waals surface area contributed by atoms with Gasteiger partial charge in [-0.05, 0) is 48.9 Å². The van der Waals surface area contributed by atoms with Gasteiger partial charge in [0.05, 0.1) is 11.6 Å². The van der Waals surface area contributed by atoms with Crippen molar-refractivity contribution in [2.24, 2.45) is 0 Å². The maximum Gasteiger partial charge on any atom is 0.324 e. The van der Waals surface area contributed by atoms with Crippen molar-refractivity contribution in [2.75, 3.05) is 28.6 Å². The monoisotopic (exact) mass is 452 g/mol. The second kappa shape index (κ2) is 9.70. The number of carbonyl (C=O) groups excluding carboxylic acids is 2. The van der Waals surface area contributed by atoms with Crippen molar-refractivity contribution in [2.45, 2.75) is 13.0 Å². The maximum atomic E-state index is 14.3. The number of urea groups is 2. The predicted molar refractivity (Wildman–Crippen MR) is 125 cm³/mol. The maximum absolute atomic E-state index is 14.3. The highest BCUT2D eigenvalue weighted by atomic mass is 35.5. The Bertz CT molecular complexity index is 1110. The highest BCUT2D eigenvalue weighted by Crippen LogP contribution is 2.25. The molecule has 1 aliphatic rings. The second-order valence-corrected chi connectivity index (χ2v) is 7.82. The minimum Gasteiger partial charge on any atom is -0.320 e. The van der Waals surface area contributed by atoms with Crippen molar-refractivity contribution in [1.82, 2.24) is 4.90 Å². The van der Waals surface area contributed by atoms with Crippen molar-refractivity contribution in [3.63, 3.8) is 0 Å². The summed E-state index contributed by atoms with van der Waals surface area (Å²) in [7, 11) is 0. The molecule has 0 aliphatic carbocycles. The summed E-state index contributed by atoms with van der Waals surface area (Å²) < 4.78 is 14.3. The normalized spacial score (nSPS) is 13.8. The van der Waals surface area contributed by atoms with Crippen LogP contribution in [0.25, 0.3) is 0 Å². The van der Waals surface area contributed by atoms with E-state index in [4.69, 9.17) is 11.6 Å². The SMILES string of the molecule is O=C(Nc1ccccc1)Nc1ccc(N2CCCN(Cc3cccc(Cl)c3F)C2=O)cc1. The molecule has 0 atom stereocenters. The zero-order valence-corrected chi connectivity index (χ0v) is 18.0.